The quantitative estimate of drug-likeness (QED) is 0.154. The summed E-state index contributed by atoms with van der Waals surface area (Å²) in [6.45, 7) is 4.78. The van der Waals surface area contributed by atoms with Crippen LogP contribution in [0.15, 0.2) is 237 Å². The maximum absolute atomic E-state index is 2.54. The third-order valence-electron chi connectivity index (χ3n) is 15.3. The fourth-order valence-corrected chi connectivity index (χ4v) is 12.4. The molecule has 1 spiro atoms. The number of hydrogen-bond acceptors (Lipinski definition) is 1. The highest BCUT2D eigenvalue weighted by molar-refractivity contribution is 5.98. The monoisotopic (exact) mass is 855 g/mol. The molecular weight excluding hydrogens is 807 g/mol. The zero-order valence-electron chi connectivity index (χ0n) is 37.9. The third kappa shape index (κ3) is 5.94. The van der Waals surface area contributed by atoms with Crippen LogP contribution >= 0.6 is 0 Å². The van der Waals surface area contributed by atoms with Crippen LogP contribution in [0.1, 0.15) is 53.6 Å². The second kappa shape index (κ2) is 15.3. The second-order valence-electron chi connectivity index (χ2n) is 19.1. The number of para-hydroxylation sites is 1. The van der Waals surface area contributed by atoms with Gasteiger partial charge in [0.15, 0.2) is 0 Å². The van der Waals surface area contributed by atoms with Crippen LogP contribution in [0.5, 0.6) is 0 Å². The van der Waals surface area contributed by atoms with E-state index in [0.717, 1.165) is 29.9 Å². The van der Waals surface area contributed by atoms with Crippen molar-refractivity contribution < 1.29 is 0 Å². The van der Waals surface area contributed by atoms with Crippen molar-refractivity contribution in [3.05, 3.63) is 270 Å². The van der Waals surface area contributed by atoms with Gasteiger partial charge in [-0.3, -0.25) is 0 Å². The van der Waals surface area contributed by atoms with E-state index in [9.17, 15) is 0 Å². The highest BCUT2D eigenvalue weighted by Gasteiger charge is 2.48. The summed E-state index contributed by atoms with van der Waals surface area (Å²) >= 11 is 0. The predicted molar refractivity (Wildman–Crippen MR) is 281 cm³/mol. The van der Waals surface area contributed by atoms with Crippen LogP contribution in [0.4, 0.5) is 17.1 Å². The average molecular weight is 856 g/mol. The number of anilines is 3. The van der Waals surface area contributed by atoms with Gasteiger partial charge in [0, 0.05) is 27.8 Å². The number of nitrogens with zero attached hydrogens (tertiary/aromatic N) is 1. The Kier molecular flexibility index (Phi) is 8.99. The first kappa shape index (κ1) is 39.4. The minimum Gasteiger partial charge on any atom is -0.310 e. The lowest BCUT2D eigenvalue weighted by atomic mass is 9.73. The third-order valence-corrected chi connectivity index (χ3v) is 15.3. The molecule has 67 heavy (non-hydrogen) atoms. The van der Waals surface area contributed by atoms with Crippen LogP contribution in [0.2, 0.25) is 0 Å². The van der Waals surface area contributed by atoms with E-state index in [1.807, 2.05) is 0 Å². The van der Waals surface area contributed by atoms with Gasteiger partial charge in [0.2, 0.25) is 0 Å². The molecule has 1 atom stereocenters. The number of hydrogen-bond donors (Lipinski definition) is 0. The summed E-state index contributed by atoms with van der Waals surface area (Å²) < 4.78 is 0. The molecule has 1 unspecified atom stereocenters. The van der Waals surface area contributed by atoms with Crippen LogP contribution in [0.3, 0.4) is 0 Å². The molecule has 0 radical (unpaired) electrons. The molecule has 1 heteroatoms. The highest BCUT2D eigenvalue weighted by Crippen LogP contribution is 2.60. The molecule has 0 saturated heterocycles. The Morgan fingerprint density at radius 3 is 1.61 bits per heavy atom. The summed E-state index contributed by atoms with van der Waals surface area (Å²) in [6, 6.07) is 88.5. The minimum atomic E-state index is -0.218. The maximum atomic E-state index is 2.54. The van der Waals surface area contributed by atoms with Gasteiger partial charge < -0.3 is 4.90 Å². The zero-order valence-corrected chi connectivity index (χ0v) is 37.9. The number of benzene rings is 10. The SMILES string of the molecule is CC1(C)c2ccccc2-c2cccc(-c3cccc(N(c4ccc5c(c4)C4(CCc6ccccc64)c4ccccc4-5)c4ccccc4-c4ccccc4-c4ccccc4-c4ccccc4)c3)c21. The summed E-state index contributed by atoms with van der Waals surface area (Å²) in [5.41, 5.74) is 26.6. The van der Waals surface area contributed by atoms with Crippen LogP contribution in [-0.2, 0) is 17.3 Å². The van der Waals surface area contributed by atoms with Gasteiger partial charge in [-0.05, 0) is 138 Å². The summed E-state index contributed by atoms with van der Waals surface area (Å²) in [6.07, 6.45) is 2.11. The van der Waals surface area contributed by atoms with Gasteiger partial charge in [0.05, 0.1) is 5.69 Å². The van der Waals surface area contributed by atoms with E-state index in [1.54, 1.807) is 0 Å². The Hall–Kier alpha value is -8.00. The number of rotatable bonds is 7. The van der Waals surface area contributed by atoms with Crippen LogP contribution in [0, 0.1) is 0 Å². The number of aryl methyl sites for hydroxylation is 1. The average Bonchev–Trinajstić information content (AvgIpc) is 4.00. The van der Waals surface area contributed by atoms with Crippen molar-refractivity contribution in [3.8, 4) is 66.8 Å². The zero-order chi connectivity index (χ0) is 44.7. The summed E-state index contributed by atoms with van der Waals surface area (Å²) in [5.74, 6) is 0. The molecule has 10 aromatic carbocycles. The first-order valence-electron chi connectivity index (χ1n) is 23.8. The molecule has 0 aliphatic heterocycles. The van der Waals surface area contributed by atoms with Gasteiger partial charge in [-0.2, -0.15) is 0 Å². The molecule has 10 aromatic rings. The van der Waals surface area contributed by atoms with Crippen molar-refractivity contribution in [2.24, 2.45) is 0 Å². The van der Waals surface area contributed by atoms with Gasteiger partial charge in [-0.15, -0.1) is 0 Å². The molecule has 318 valence electrons. The van der Waals surface area contributed by atoms with Crippen molar-refractivity contribution >= 4 is 17.1 Å². The Labute approximate surface area is 394 Å². The van der Waals surface area contributed by atoms with Gasteiger partial charge in [0.25, 0.3) is 0 Å². The highest BCUT2D eigenvalue weighted by atomic mass is 15.1. The second-order valence-corrected chi connectivity index (χ2v) is 19.1. The first-order chi connectivity index (χ1) is 33.0. The molecule has 1 nitrogen and oxygen atoms in total. The van der Waals surface area contributed by atoms with E-state index in [2.05, 4.69) is 255 Å². The molecule has 0 saturated carbocycles. The molecule has 0 N–H and O–H groups in total. The summed E-state index contributed by atoms with van der Waals surface area (Å²) in [5, 5.41) is 0. The van der Waals surface area contributed by atoms with Crippen LogP contribution in [-0.4, -0.2) is 0 Å². The lowest BCUT2D eigenvalue weighted by Crippen LogP contribution is -2.24. The summed E-state index contributed by atoms with van der Waals surface area (Å²) in [4.78, 5) is 2.54. The maximum Gasteiger partial charge on any atom is 0.0540 e. The molecule has 0 aromatic heterocycles. The number of fused-ring (bicyclic) bond motifs is 10. The van der Waals surface area contributed by atoms with E-state index < -0.39 is 0 Å². The van der Waals surface area contributed by atoms with E-state index in [1.165, 1.54) is 100 Å². The van der Waals surface area contributed by atoms with Gasteiger partial charge in [-0.25, -0.2) is 0 Å². The molecule has 13 rings (SSSR count). The predicted octanol–water partition coefficient (Wildman–Crippen LogP) is 17.4. The largest absolute Gasteiger partial charge is 0.310 e. The lowest BCUT2D eigenvalue weighted by molar-refractivity contribution is 0.626. The van der Waals surface area contributed by atoms with E-state index in [4.69, 9.17) is 0 Å². The lowest BCUT2D eigenvalue weighted by Gasteiger charge is -2.32. The standard InChI is InChI=1S/C66H49N/c1-65(2)60-35-15-11-30-55(60)58-33-19-32-50(64(58)65)46-23-18-24-47(42-46)67(48-38-39-56-54-29-12-16-36-61(54)66(62(56)43-48)41-40-45-22-6-14-34-59(45)66)63-37-17-13-31-57(63)53-28-10-9-27-52(53)51-26-8-7-25-49(51)44-20-4-3-5-21-44/h3-39,42-43H,40-41H2,1-2H3. The fourth-order valence-electron chi connectivity index (χ4n) is 12.4. The normalized spacial score (nSPS) is 15.7. The smallest absolute Gasteiger partial charge is 0.0540 e. The molecule has 0 fully saturated rings. The minimum absolute atomic E-state index is 0.147. The van der Waals surface area contributed by atoms with Crippen LogP contribution in [0.25, 0.3) is 66.8 Å². The fraction of sp³-hybridized carbons (Fsp3) is 0.0909. The molecule has 0 bridgehead atoms. The van der Waals surface area contributed by atoms with Crippen molar-refractivity contribution in [3.63, 3.8) is 0 Å². The van der Waals surface area contributed by atoms with Gasteiger partial charge in [0.1, 0.15) is 0 Å². The molecule has 3 aliphatic carbocycles. The Balaban J connectivity index is 1.04. The van der Waals surface area contributed by atoms with E-state index in [-0.39, 0.29) is 10.8 Å². The molecular formula is C66H49N. The Bertz CT molecular complexity index is 3570. The Morgan fingerprint density at radius 2 is 0.836 bits per heavy atom. The van der Waals surface area contributed by atoms with Crippen molar-refractivity contribution in [2.45, 2.75) is 37.5 Å². The van der Waals surface area contributed by atoms with Gasteiger partial charge in [-0.1, -0.05) is 220 Å². The van der Waals surface area contributed by atoms with Gasteiger partial charge >= 0.3 is 0 Å². The molecule has 3 aliphatic rings. The van der Waals surface area contributed by atoms with Crippen molar-refractivity contribution in [2.75, 3.05) is 4.90 Å². The van der Waals surface area contributed by atoms with Crippen LogP contribution < -0.4 is 4.90 Å². The Morgan fingerprint density at radius 1 is 0.328 bits per heavy atom. The van der Waals surface area contributed by atoms with E-state index >= 15 is 0 Å². The summed E-state index contributed by atoms with van der Waals surface area (Å²) in [7, 11) is 0. The van der Waals surface area contributed by atoms with Crippen molar-refractivity contribution in [1.29, 1.82) is 0 Å². The van der Waals surface area contributed by atoms with E-state index in [0.29, 0.717) is 0 Å². The molecule has 0 amide bonds. The molecule has 0 heterocycles. The topological polar surface area (TPSA) is 3.24 Å². The first-order valence-corrected chi connectivity index (χ1v) is 23.8. The van der Waals surface area contributed by atoms with Crippen molar-refractivity contribution in [1.82, 2.24) is 0 Å².